The fraction of sp³-hybridized carbons (Fsp3) is 0.533. The van der Waals surface area contributed by atoms with Crippen LogP contribution in [0.4, 0.5) is 10.1 Å². The van der Waals surface area contributed by atoms with Crippen molar-refractivity contribution in [3.8, 4) is 0 Å². The minimum atomic E-state index is -0.710. The summed E-state index contributed by atoms with van der Waals surface area (Å²) in [6, 6.07) is 5.07. The summed E-state index contributed by atoms with van der Waals surface area (Å²) >= 11 is 0. The van der Waals surface area contributed by atoms with Crippen molar-refractivity contribution < 1.29 is 9.18 Å². The molecular formula is C15H22FN3O. The van der Waals surface area contributed by atoms with Crippen LogP contribution in [0.2, 0.25) is 0 Å². The Kier molecular flexibility index (Phi) is 4.95. The molecule has 1 fully saturated rings. The van der Waals surface area contributed by atoms with Crippen molar-refractivity contribution in [2.24, 2.45) is 5.73 Å². The monoisotopic (exact) mass is 279 g/mol. The zero-order valence-corrected chi connectivity index (χ0v) is 11.9. The Morgan fingerprint density at radius 2 is 2.35 bits per heavy atom. The van der Waals surface area contributed by atoms with Crippen LogP contribution in [0.3, 0.4) is 0 Å². The molecule has 1 saturated heterocycles. The highest BCUT2D eigenvalue weighted by atomic mass is 19.1. The number of amides is 1. The Hall–Kier alpha value is -1.62. The van der Waals surface area contributed by atoms with Gasteiger partial charge in [0.1, 0.15) is 5.82 Å². The molecule has 1 atom stereocenters. The fourth-order valence-corrected chi connectivity index (χ4v) is 2.78. The maximum absolute atomic E-state index is 13.9. The molecule has 0 spiro atoms. The number of primary amides is 1. The van der Waals surface area contributed by atoms with E-state index in [1.165, 1.54) is 6.07 Å². The SMILES string of the molecule is CCCN(CC1CCCN1)c1cccc(F)c1C(N)=O. The second-order valence-corrected chi connectivity index (χ2v) is 5.24. The van der Waals surface area contributed by atoms with Crippen molar-refractivity contribution in [2.75, 3.05) is 24.5 Å². The molecule has 0 bridgehead atoms. The minimum Gasteiger partial charge on any atom is -0.369 e. The summed E-state index contributed by atoms with van der Waals surface area (Å²) in [5, 5.41) is 3.43. The number of benzene rings is 1. The van der Waals surface area contributed by atoms with Crippen LogP contribution in [0.1, 0.15) is 36.5 Å². The number of carbonyl (C=O) groups excluding carboxylic acids is 1. The van der Waals surface area contributed by atoms with Crippen molar-refractivity contribution in [1.82, 2.24) is 5.32 Å². The van der Waals surface area contributed by atoms with Gasteiger partial charge in [-0.3, -0.25) is 4.79 Å². The second kappa shape index (κ2) is 6.70. The highest BCUT2D eigenvalue weighted by Gasteiger charge is 2.22. The standard InChI is InChI=1S/C15H22FN3O/c1-2-9-19(10-11-5-4-8-18-11)13-7-3-6-12(16)14(13)15(17)20/h3,6-7,11,18H,2,4-5,8-10H2,1H3,(H2,17,20). The van der Waals surface area contributed by atoms with Crippen LogP contribution in [0.15, 0.2) is 18.2 Å². The first-order valence-corrected chi connectivity index (χ1v) is 7.20. The summed E-state index contributed by atoms with van der Waals surface area (Å²) in [5.74, 6) is -1.26. The highest BCUT2D eigenvalue weighted by Crippen LogP contribution is 2.24. The van der Waals surface area contributed by atoms with Gasteiger partial charge in [0.2, 0.25) is 0 Å². The molecule has 5 heteroatoms. The Morgan fingerprint density at radius 1 is 1.55 bits per heavy atom. The van der Waals surface area contributed by atoms with Crippen molar-refractivity contribution in [3.63, 3.8) is 0 Å². The normalized spacial score (nSPS) is 18.2. The zero-order valence-electron chi connectivity index (χ0n) is 11.9. The van der Waals surface area contributed by atoms with Gasteiger partial charge in [-0.15, -0.1) is 0 Å². The van der Waals surface area contributed by atoms with Gasteiger partial charge in [-0.25, -0.2) is 4.39 Å². The highest BCUT2D eigenvalue weighted by molar-refractivity contribution is 5.99. The number of nitrogens with zero attached hydrogens (tertiary/aromatic N) is 1. The molecule has 1 aromatic rings. The predicted octanol–water partition coefficient (Wildman–Crippen LogP) is 1.89. The van der Waals surface area contributed by atoms with Crippen LogP contribution in [0.25, 0.3) is 0 Å². The molecule has 1 heterocycles. The molecule has 0 radical (unpaired) electrons. The van der Waals surface area contributed by atoms with E-state index in [1.807, 2.05) is 0 Å². The van der Waals surface area contributed by atoms with E-state index in [4.69, 9.17) is 5.73 Å². The van der Waals surface area contributed by atoms with Gasteiger partial charge in [-0.1, -0.05) is 13.0 Å². The van der Waals surface area contributed by atoms with Crippen molar-refractivity contribution >= 4 is 11.6 Å². The molecule has 4 nitrogen and oxygen atoms in total. The van der Waals surface area contributed by atoms with Gasteiger partial charge in [-0.2, -0.15) is 0 Å². The number of hydrogen-bond donors (Lipinski definition) is 2. The molecule has 1 amide bonds. The lowest BCUT2D eigenvalue weighted by atomic mass is 10.1. The Balaban J connectivity index is 2.28. The first-order valence-electron chi connectivity index (χ1n) is 7.20. The number of nitrogens with two attached hydrogens (primary N) is 1. The van der Waals surface area contributed by atoms with Gasteiger partial charge in [0.25, 0.3) is 5.91 Å². The first-order chi connectivity index (χ1) is 9.63. The summed E-state index contributed by atoms with van der Waals surface area (Å²) in [5.41, 5.74) is 5.94. The van der Waals surface area contributed by atoms with E-state index < -0.39 is 11.7 Å². The Labute approximate surface area is 119 Å². The summed E-state index contributed by atoms with van der Waals surface area (Å²) in [6.45, 7) is 4.65. The zero-order chi connectivity index (χ0) is 14.5. The van der Waals surface area contributed by atoms with Crippen LogP contribution in [0.5, 0.6) is 0 Å². The van der Waals surface area contributed by atoms with E-state index in [9.17, 15) is 9.18 Å². The number of nitrogens with one attached hydrogen (secondary N) is 1. The van der Waals surface area contributed by atoms with Crippen LogP contribution >= 0.6 is 0 Å². The number of hydrogen-bond acceptors (Lipinski definition) is 3. The molecule has 1 aromatic carbocycles. The largest absolute Gasteiger partial charge is 0.369 e. The molecule has 2 rings (SSSR count). The summed E-state index contributed by atoms with van der Waals surface area (Å²) in [6.07, 6.45) is 3.21. The summed E-state index contributed by atoms with van der Waals surface area (Å²) in [4.78, 5) is 13.6. The van der Waals surface area contributed by atoms with E-state index in [2.05, 4.69) is 17.1 Å². The number of carbonyl (C=O) groups is 1. The lowest BCUT2D eigenvalue weighted by Crippen LogP contribution is -2.39. The molecular weight excluding hydrogens is 257 g/mol. The molecule has 1 unspecified atom stereocenters. The molecule has 0 saturated carbocycles. The minimum absolute atomic E-state index is 0.000975. The average molecular weight is 279 g/mol. The molecule has 1 aliphatic heterocycles. The van der Waals surface area contributed by atoms with E-state index in [0.717, 1.165) is 38.9 Å². The number of anilines is 1. The molecule has 3 N–H and O–H groups in total. The lowest BCUT2D eigenvalue weighted by molar-refractivity contribution is 0.0997. The fourth-order valence-electron chi connectivity index (χ4n) is 2.78. The van der Waals surface area contributed by atoms with Gasteiger partial charge in [-0.05, 0) is 37.9 Å². The number of rotatable bonds is 6. The van der Waals surface area contributed by atoms with Gasteiger partial charge in [0.15, 0.2) is 0 Å². The molecule has 110 valence electrons. The molecule has 0 aliphatic carbocycles. The Morgan fingerprint density at radius 3 is 2.95 bits per heavy atom. The van der Waals surface area contributed by atoms with Crippen molar-refractivity contribution in [2.45, 2.75) is 32.2 Å². The predicted molar refractivity (Wildman–Crippen MR) is 78.4 cm³/mol. The van der Waals surface area contributed by atoms with Crippen LogP contribution in [-0.2, 0) is 0 Å². The Bertz CT molecular complexity index is 472. The quantitative estimate of drug-likeness (QED) is 0.836. The third kappa shape index (κ3) is 3.28. The maximum Gasteiger partial charge on any atom is 0.253 e. The van der Waals surface area contributed by atoms with Crippen LogP contribution in [0, 0.1) is 5.82 Å². The second-order valence-electron chi connectivity index (χ2n) is 5.24. The van der Waals surface area contributed by atoms with Gasteiger partial charge in [0.05, 0.1) is 11.3 Å². The first kappa shape index (κ1) is 14.8. The van der Waals surface area contributed by atoms with Crippen LogP contribution in [-0.4, -0.2) is 31.6 Å². The van der Waals surface area contributed by atoms with Crippen molar-refractivity contribution in [1.29, 1.82) is 0 Å². The van der Waals surface area contributed by atoms with Gasteiger partial charge < -0.3 is 16.0 Å². The van der Waals surface area contributed by atoms with Gasteiger partial charge >= 0.3 is 0 Å². The molecule has 1 aliphatic rings. The number of halogens is 1. The van der Waals surface area contributed by atoms with Crippen molar-refractivity contribution in [3.05, 3.63) is 29.6 Å². The average Bonchev–Trinajstić information content (AvgIpc) is 2.90. The van der Waals surface area contributed by atoms with E-state index in [1.54, 1.807) is 12.1 Å². The van der Waals surface area contributed by atoms with E-state index in [-0.39, 0.29) is 5.56 Å². The van der Waals surface area contributed by atoms with E-state index >= 15 is 0 Å². The molecule has 0 aromatic heterocycles. The van der Waals surface area contributed by atoms with Crippen LogP contribution < -0.4 is 16.0 Å². The van der Waals surface area contributed by atoms with E-state index in [0.29, 0.717) is 11.7 Å². The summed E-state index contributed by atoms with van der Waals surface area (Å²) < 4.78 is 13.9. The van der Waals surface area contributed by atoms with Gasteiger partial charge in [0, 0.05) is 19.1 Å². The third-order valence-electron chi connectivity index (χ3n) is 3.68. The smallest absolute Gasteiger partial charge is 0.253 e. The lowest BCUT2D eigenvalue weighted by Gasteiger charge is -2.29. The topological polar surface area (TPSA) is 58.4 Å². The summed E-state index contributed by atoms with van der Waals surface area (Å²) in [7, 11) is 0. The molecule has 20 heavy (non-hydrogen) atoms. The third-order valence-corrected chi connectivity index (χ3v) is 3.68. The maximum atomic E-state index is 13.9.